The monoisotopic (exact) mass is 568 g/mol. The summed E-state index contributed by atoms with van der Waals surface area (Å²) in [7, 11) is 2.89. The summed E-state index contributed by atoms with van der Waals surface area (Å²) >= 11 is 8.70. The number of hydrogen-bond acceptors (Lipinski definition) is 8. The number of thioether (sulfide) groups is 1. The van der Waals surface area contributed by atoms with Gasteiger partial charge in [0.15, 0.2) is 11.0 Å². The van der Waals surface area contributed by atoms with Crippen molar-refractivity contribution in [3.05, 3.63) is 76.6 Å². The number of nitrogens with zero attached hydrogens (tertiary/aromatic N) is 3. The number of anilines is 1. The van der Waals surface area contributed by atoms with Gasteiger partial charge in [-0.05, 0) is 30.7 Å². The Labute approximate surface area is 233 Å². The van der Waals surface area contributed by atoms with E-state index in [4.69, 9.17) is 21.1 Å². The number of ether oxygens (including phenoxy) is 2. The number of halogens is 1. The van der Waals surface area contributed by atoms with Crippen LogP contribution >= 0.6 is 34.7 Å². The summed E-state index contributed by atoms with van der Waals surface area (Å²) < 4.78 is 12.3. The predicted octanol–water partition coefficient (Wildman–Crippen LogP) is 6.35. The van der Waals surface area contributed by atoms with Crippen molar-refractivity contribution in [1.29, 1.82) is 0 Å². The molecule has 0 fully saturated rings. The summed E-state index contributed by atoms with van der Waals surface area (Å²) in [4.78, 5) is 25.6. The van der Waals surface area contributed by atoms with Gasteiger partial charge in [-0.1, -0.05) is 59.3 Å². The molecule has 196 valence electrons. The van der Waals surface area contributed by atoms with Crippen molar-refractivity contribution >= 4 is 51.6 Å². The van der Waals surface area contributed by atoms with Gasteiger partial charge in [-0.25, -0.2) is 4.79 Å². The van der Waals surface area contributed by atoms with E-state index in [2.05, 4.69) is 22.1 Å². The van der Waals surface area contributed by atoms with Gasteiger partial charge in [0.25, 0.3) is 0 Å². The molecule has 0 radical (unpaired) electrons. The minimum Gasteiger partial charge on any atom is -0.496 e. The molecule has 38 heavy (non-hydrogen) atoms. The average molecular weight is 569 g/mol. The van der Waals surface area contributed by atoms with Crippen molar-refractivity contribution in [3.63, 3.8) is 0 Å². The molecule has 1 amide bonds. The fourth-order valence-corrected chi connectivity index (χ4v) is 5.63. The van der Waals surface area contributed by atoms with E-state index in [0.717, 1.165) is 11.1 Å². The second-order valence-corrected chi connectivity index (χ2v) is 10.4. The number of aryl methyl sites for hydroxylation is 1. The molecule has 1 N–H and O–H groups in total. The number of esters is 1. The molecule has 0 aliphatic carbocycles. The second-order valence-electron chi connectivity index (χ2n) is 8.10. The molecule has 0 unspecified atom stereocenters. The van der Waals surface area contributed by atoms with Crippen molar-refractivity contribution in [2.75, 3.05) is 25.3 Å². The number of methoxy groups -OCH3 is 2. The molecule has 0 atom stereocenters. The Morgan fingerprint density at radius 3 is 2.61 bits per heavy atom. The Kier molecular flexibility index (Phi) is 8.88. The Bertz CT molecular complexity index is 1480. The van der Waals surface area contributed by atoms with Gasteiger partial charge < -0.3 is 14.8 Å². The van der Waals surface area contributed by atoms with E-state index in [-0.39, 0.29) is 11.7 Å². The third-order valence-corrected chi connectivity index (χ3v) is 7.66. The zero-order valence-electron chi connectivity index (χ0n) is 21.0. The van der Waals surface area contributed by atoms with Crippen LogP contribution in [0, 0.1) is 6.92 Å². The summed E-state index contributed by atoms with van der Waals surface area (Å²) in [6.07, 6.45) is 1.72. The lowest BCUT2D eigenvalue weighted by molar-refractivity contribution is -0.113. The fraction of sp³-hybridized carbons (Fsp3) is 0.185. The largest absolute Gasteiger partial charge is 0.496 e. The molecule has 8 nitrogen and oxygen atoms in total. The number of carbonyl (C=O) groups is 2. The molecule has 4 rings (SSSR count). The minimum atomic E-state index is -0.518. The summed E-state index contributed by atoms with van der Waals surface area (Å²) in [6, 6.07) is 13.0. The lowest BCUT2D eigenvalue weighted by Crippen LogP contribution is -2.16. The smallest absolute Gasteiger partial charge is 0.341 e. The first-order valence-electron chi connectivity index (χ1n) is 11.4. The van der Waals surface area contributed by atoms with Crippen LogP contribution in [0.4, 0.5) is 5.00 Å². The molecular weight excluding hydrogens is 544 g/mol. The maximum Gasteiger partial charge on any atom is 0.341 e. The summed E-state index contributed by atoms with van der Waals surface area (Å²) in [6.45, 7) is 6.23. The maximum absolute atomic E-state index is 12.9. The molecule has 2 aromatic carbocycles. The molecule has 4 aromatic rings. The first-order chi connectivity index (χ1) is 18.4. The van der Waals surface area contributed by atoms with Gasteiger partial charge in [0.1, 0.15) is 16.3 Å². The third kappa shape index (κ3) is 5.93. The molecule has 2 heterocycles. The summed E-state index contributed by atoms with van der Waals surface area (Å²) in [5.41, 5.74) is 3.68. The van der Waals surface area contributed by atoms with E-state index in [1.54, 1.807) is 31.4 Å². The normalized spacial score (nSPS) is 10.7. The molecule has 0 aliphatic rings. The quantitative estimate of drug-likeness (QED) is 0.135. The molecule has 0 aliphatic heterocycles. The highest BCUT2D eigenvalue weighted by molar-refractivity contribution is 7.99. The van der Waals surface area contributed by atoms with Gasteiger partial charge in [0.2, 0.25) is 5.91 Å². The summed E-state index contributed by atoms with van der Waals surface area (Å²) in [5.74, 6) is 0.364. The molecule has 11 heteroatoms. The van der Waals surface area contributed by atoms with Crippen LogP contribution in [-0.2, 0) is 16.1 Å². The molecular formula is C27H25ClN4O4S2. The van der Waals surface area contributed by atoms with Crippen molar-refractivity contribution in [1.82, 2.24) is 14.8 Å². The van der Waals surface area contributed by atoms with Gasteiger partial charge in [0, 0.05) is 22.5 Å². The van der Waals surface area contributed by atoms with Crippen LogP contribution in [0.3, 0.4) is 0 Å². The maximum atomic E-state index is 12.9. The Morgan fingerprint density at radius 2 is 1.92 bits per heavy atom. The van der Waals surface area contributed by atoms with Crippen molar-refractivity contribution in [2.24, 2.45) is 0 Å². The first-order valence-corrected chi connectivity index (χ1v) is 13.7. The number of carbonyl (C=O) groups excluding carboxylic acids is 2. The lowest BCUT2D eigenvalue weighted by Gasteiger charge is -2.11. The van der Waals surface area contributed by atoms with Crippen LogP contribution in [0.15, 0.2) is 65.7 Å². The van der Waals surface area contributed by atoms with Gasteiger partial charge in [-0.3, -0.25) is 9.36 Å². The van der Waals surface area contributed by atoms with E-state index >= 15 is 0 Å². The Balaban J connectivity index is 1.55. The fourth-order valence-electron chi connectivity index (χ4n) is 3.74. The molecule has 0 saturated carbocycles. The van der Waals surface area contributed by atoms with Gasteiger partial charge in [-0.2, -0.15) is 0 Å². The van der Waals surface area contributed by atoms with E-state index in [0.29, 0.717) is 50.0 Å². The molecule has 0 spiro atoms. The van der Waals surface area contributed by atoms with Crippen molar-refractivity contribution < 1.29 is 19.1 Å². The van der Waals surface area contributed by atoms with E-state index in [1.807, 2.05) is 41.1 Å². The van der Waals surface area contributed by atoms with Gasteiger partial charge in [-0.15, -0.1) is 28.1 Å². The lowest BCUT2D eigenvalue weighted by atomic mass is 10.0. The molecule has 2 aromatic heterocycles. The van der Waals surface area contributed by atoms with Crippen molar-refractivity contribution in [2.45, 2.75) is 18.6 Å². The Hall–Kier alpha value is -3.60. The number of aromatic nitrogens is 3. The van der Waals surface area contributed by atoms with E-state index in [9.17, 15) is 9.59 Å². The number of benzene rings is 2. The van der Waals surface area contributed by atoms with Crippen LogP contribution in [0.2, 0.25) is 5.02 Å². The van der Waals surface area contributed by atoms with Crippen LogP contribution in [-0.4, -0.2) is 46.6 Å². The van der Waals surface area contributed by atoms with Crippen LogP contribution in [0.1, 0.15) is 15.9 Å². The second kappa shape index (κ2) is 12.3. The predicted molar refractivity (Wildman–Crippen MR) is 152 cm³/mol. The third-order valence-electron chi connectivity index (χ3n) is 5.56. The molecule has 0 bridgehead atoms. The average Bonchev–Trinajstić information content (AvgIpc) is 3.51. The van der Waals surface area contributed by atoms with E-state index in [1.165, 1.54) is 30.2 Å². The number of hydrogen-bond donors (Lipinski definition) is 1. The number of amides is 1. The van der Waals surface area contributed by atoms with Gasteiger partial charge >= 0.3 is 5.97 Å². The molecule has 0 saturated heterocycles. The van der Waals surface area contributed by atoms with Crippen LogP contribution in [0.5, 0.6) is 5.75 Å². The number of allylic oxidation sites excluding steroid dienone is 1. The standard InChI is InChI=1S/C27H25ClN4O4S2/c1-5-12-32-24(19-13-18(28)10-11-21(19)35-3)30-31-27(32)38-15-22(33)29-25-23(26(34)36-4)20(14-37-25)17-8-6-16(2)7-9-17/h5-11,13-14H,1,12,15H2,2-4H3,(H,29,33). The highest BCUT2D eigenvalue weighted by atomic mass is 35.5. The van der Waals surface area contributed by atoms with Crippen LogP contribution < -0.4 is 10.1 Å². The van der Waals surface area contributed by atoms with Crippen molar-refractivity contribution in [3.8, 4) is 28.3 Å². The zero-order valence-corrected chi connectivity index (χ0v) is 23.4. The van der Waals surface area contributed by atoms with Crippen LogP contribution in [0.25, 0.3) is 22.5 Å². The topological polar surface area (TPSA) is 95.3 Å². The van der Waals surface area contributed by atoms with Gasteiger partial charge in [0.05, 0.1) is 25.5 Å². The summed E-state index contributed by atoms with van der Waals surface area (Å²) in [5, 5.41) is 14.8. The SMILES string of the molecule is C=CCn1c(SCC(=O)Nc2scc(-c3ccc(C)cc3)c2C(=O)OC)nnc1-c1cc(Cl)ccc1OC. The Morgan fingerprint density at radius 1 is 1.16 bits per heavy atom. The highest BCUT2D eigenvalue weighted by Crippen LogP contribution is 2.37. The number of rotatable bonds is 10. The van der Waals surface area contributed by atoms with E-state index < -0.39 is 5.97 Å². The number of nitrogens with one attached hydrogen (secondary N) is 1. The number of thiophene rings is 1. The zero-order chi connectivity index (χ0) is 27.2. The minimum absolute atomic E-state index is 0.0420. The highest BCUT2D eigenvalue weighted by Gasteiger charge is 2.23. The first kappa shape index (κ1) is 27.4.